The van der Waals surface area contributed by atoms with E-state index in [1.807, 2.05) is 6.07 Å². The molecular weight excluding hydrogens is 246 g/mol. The number of carboxylic acid groups (broad SMARTS) is 1. The lowest BCUT2D eigenvalue weighted by Gasteiger charge is -2.05. The minimum Gasteiger partial charge on any atom is -0.481 e. The summed E-state index contributed by atoms with van der Waals surface area (Å²) in [6, 6.07) is 5.43. The molecule has 0 amide bonds. The topological polar surface area (TPSA) is 61.1 Å². The summed E-state index contributed by atoms with van der Waals surface area (Å²) in [5.74, 6) is -0.928. The zero-order valence-electron chi connectivity index (χ0n) is 7.54. The summed E-state index contributed by atoms with van der Waals surface area (Å²) < 4.78 is 0.822. The maximum Gasteiger partial charge on any atom is 0.307 e. The molecule has 14 heavy (non-hydrogen) atoms. The molecule has 0 bridgehead atoms. The Kier molecular flexibility index (Phi) is 3.26. The molecule has 1 aromatic rings. The molecule has 3 nitrogen and oxygen atoms in total. The monoisotopic (exact) mass is 253 g/mol. The molecule has 0 aliphatic heterocycles. The molecule has 0 unspecified atom stereocenters. The number of aliphatic carboxylic acids is 1. The number of carboxylic acids is 1. The third kappa shape index (κ3) is 2.12. The SMILES string of the molecule is Cc1c(Br)ccc(CC(=O)O)c1C#N. The molecule has 0 spiro atoms. The summed E-state index contributed by atoms with van der Waals surface area (Å²) in [5.41, 5.74) is 1.79. The Morgan fingerprint density at radius 2 is 2.29 bits per heavy atom. The van der Waals surface area contributed by atoms with Crippen molar-refractivity contribution in [2.45, 2.75) is 13.3 Å². The quantitative estimate of drug-likeness (QED) is 0.880. The molecule has 0 aliphatic carbocycles. The summed E-state index contributed by atoms with van der Waals surface area (Å²) >= 11 is 3.29. The standard InChI is InChI=1S/C10H8BrNO2/c1-6-8(5-12)7(4-10(13)14)2-3-9(6)11/h2-3H,4H2,1H3,(H,13,14). The molecule has 1 aromatic carbocycles. The van der Waals surface area contributed by atoms with Crippen molar-refractivity contribution in [1.82, 2.24) is 0 Å². The molecule has 0 heterocycles. The van der Waals surface area contributed by atoms with Crippen LogP contribution in [0.15, 0.2) is 16.6 Å². The molecule has 1 rings (SSSR count). The number of hydrogen-bond acceptors (Lipinski definition) is 2. The van der Waals surface area contributed by atoms with Crippen molar-refractivity contribution >= 4 is 21.9 Å². The van der Waals surface area contributed by atoms with Gasteiger partial charge in [0.1, 0.15) is 0 Å². The fourth-order valence-electron chi connectivity index (χ4n) is 1.21. The van der Waals surface area contributed by atoms with E-state index >= 15 is 0 Å². The van der Waals surface area contributed by atoms with Crippen LogP contribution in [0.4, 0.5) is 0 Å². The van der Waals surface area contributed by atoms with E-state index < -0.39 is 5.97 Å². The summed E-state index contributed by atoms with van der Waals surface area (Å²) in [7, 11) is 0. The molecule has 0 fully saturated rings. The smallest absolute Gasteiger partial charge is 0.307 e. The van der Waals surface area contributed by atoms with Gasteiger partial charge in [0, 0.05) is 4.47 Å². The lowest BCUT2D eigenvalue weighted by Crippen LogP contribution is -2.03. The van der Waals surface area contributed by atoms with Crippen molar-refractivity contribution in [3.05, 3.63) is 33.3 Å². The highest BCUT2D eigenvalue weighted by Gasteiger charge is 2.10. The van der Waals surface area contributed by atoms with E-state index in [2.05, 4.69) is 15.9 Å². The van der Waals surface area contributed by atoms with Crippen molar-refractivity contribution in [3.8, 4) is 6.07 Å². The van der Waals surface area contributed by atoms with Crippen LogP contribution in [0.3, 0.4) is 0 Å². The molecular formula is C10H8BrNO2. The van der Waals surface area contributed by atoms with E-state index in [1.165, 1.54) is 0 Å². The average molecular weight is 254 g/mol. The summed E-state index contributed by atoms with van der Waals surface area (Å²) in [6.07, 6.45) is -0.114. The first-order chi connectivity index (χ1) is 6.56. The molecule has 0 radical (unpaired) electrons. The molecule has 0 aliphatic rings. The Hall–Kier alpha value is -1.34. The van der Waals surface area contributed by atoms with Crippen molar-refractivity contribution in [1.29, 1.82) is 5.26 Å². The van der Waals surface area contributed by atoms with Crippen LogP contribution >= 0.6 is 15.9 Å². The van der Waals surface area contributed by atoms with Gasteiger partial charge in [-0.2, -0.15) is 5.26 Å². The van der Waals surface area contributed by atoms with E-state index in [-0.39, 0.29) is 6.42 Å². The third-order valence-corrected chi connectivity index (χ3v) is 2.80. The van der Waals surface area contributed by atoms with Crippen LogP contribution in [0.5, 0.6) is 0 Å². The molecule has 0 saturated heterocycles. The largest absolute Gasteiger partial charge is 0.481 e. The minimum atomic E-state index is -0.928. The van der Waals surface area contributed by atoms with E-state index in [1.54, 1.807) is 19.1 Å². The Balaban J connectivity index is 3.26. The summed E-state index contributed by atoms with van der Waals surface area (Å²) in [4.78, 5) is 10.5. The van der Waals surface area contributed by atoms with Gasteiger partial charge < -0.3 is 5.11 Å². The number of nitrogens with zero attached hydrogens (tertiary/aromatic N) is 1. The van der Waals surface area contributed by atoms with E-state index in [0.717, 1.165) is 10.0 Å². The average Bonchev–Trinajstić information content (AvgIpc) is 2.11. The summed E-state index contributed by atoms with van der Waals surface area (Å²) in [6.45, 7) is 1.79. The van der Waals surface area contributed by atoms with Crippen molar-refractivity contribution in [2.75, 3.05) is 0 Å². The Labute approximate surface area is 90.1 Å². The van der Waals surface area contributed by atoms with Crippen LogP contribution in [0.25, 0.3) is 0 Å². The van der Waals surface area contributed by atoms with Gasteiger partial charge in [-0.25, -0.2) is 0 Å². The second kappa shape index (κ2) is 4.25. The second-order valence-electron chi connectivity index (χ2n) is 2.89. The Morgan fingerprint density at radius 1 is 1.64 bits per heavy atom. The lowest BCUT2D eigenvalue weighted by molar-refractivity contribution is -0.136. The highest BCUT2D eigenvalue weighted by molar-refractivity contribution is 9.10. The Morgan fingerprint density at radius 3 is 2.79 bits per heavy atom. The number of benzene rings is 1. The van der Waals surface area contributed by atoms with Crippen molar-refractivity contribution in [3.63, 3.8) is 0 Å². The van der Waals surface area contributed by atoms with Gasteiger partial charge in [0.05, 0.1) is 18.1 Å². The number of rotatable bonds is 2. The fraction of sp³-hybridized carbons (Fsp3) is 0.200. The van der Waals surface area contributed by atoms with Gasteiger partial charge in [0.25, 0.3) is 0 Å². The predicted molar refractivity (Wildman–Crippen MR) is 54.9 cm³/mol. The van der Waals surface area contributed by atoms with Crippen LogP contribution in [0.2, 0.25) is 0 Å². The fourth-order valence-corrected chi connectivity index (χ4v) is 1.54. The zero-order chi connectivity index (χ0) is 10.7. The van der Waals surface area contributed by atoms with Gasteiger partial charge in [0.15, 0.2) is 0 Å². The van der Waals surface area contributed by atoms with Crippen LogP contribution in [0, 0.1) is 18.3 Å². The van der Waals surface area contributed by atoms with Crippen LogP contribution < -0.4 is 0 Å². The van der Waals surface area contributed by atoms with E-state index in [9.17, 15) is 4.79 Å². The van der Waals surface area contributed by atoms with Gasteiger partial charge in [-0.05, 0) is 24.1 Å². The van der Waals surface area contributed by atoms with Gasteiger partial charge in [0.2, 0.25) is 0 Å². The van der Waals surface area contributed by atoms with Gasteiger partial charge in [-0.15, -0.1) is 0 Å². The molecule has 0 saturated carbocycles. The van der Waals surface area contributed by atoms with Crippen LogP contribution in [0.1, 0.15) is 16.7 Å². The van der Waals surface area contributed by atoms with E-state index in [0.29, 0.717) is 11.1 Å². The van der Waals surface area contributed by atoms with E-state index in [4.69, 9.17) is 10.4 Å². The minimum absolute atomic E-state index is 0.114. The third-order valence-electron chi connectivity index (χ3n) is 1.94. The number of halogens is 1. The number of carbonyl (C=O) groups is 1. The molecule has 72 valence electrons. The van der Waals surface area contributed by atoms with Crippen molar-refractivity contribution in [2.24, 2.45) is 0 Å². The predicted octanol–water partition coefficient (Wildman–Crippen LogP) is 2.26. The first-order valence-corrected chi connectivity index (χ1v) is 4.75. The van der Waals surface area contributed by atoms with Gasteiger partial charge >= 0.3 is 5.97 Å². The van der Waals surface area contributed by atoms with Crippen LogP contribution in [-0.2, 0) is 11.2 Å². The molecule has 4 heteroatoms. The lowest BCUT2D eigenvalue weighted by atomic mass is 10.0. The first kappa shape index (κ1) is 10.7. The number of hydrogen-bond donors (Lipinski definition) is 1. The Bertz CT molecular complexity index is 421. The molecule has 0 atom stereocenters. The highest BCUT2D eigenvalue weighted by Crippen LogP contribution is 2.22. The molecule has 1 N–H and O–H groups in total. The first-order valence-electron chi connectivity index (χ1n) is 3.96. The zero-order valence-corrected chi connectivity index (χ0v) is 9.13. The van der Waals surface area contributed by atoms with Gasteiger partial charge in [-0.3, -0.25) is 4.79 Å². The second-order valence-corrected chi connectivity index (χ2v) is 3.74. The normalized spacial score (nSPS) is 9.50. The van der Waals surface area contributed by atoms with Gasteiger partial charge in [-0.1, -0.05) is 22.0 Å². The maximum atomic E-state index is 10.5. The highest BCUT2D eigenvalue weighted by atomic mass is 79.9. The summed E-state index contributed by atoms with van der Waals surface area (Å²) in [5, 5.41) is 17.5. The van der Waals surface area contributed by atoms with Crippen LogP contribution in [-0.4, -0.2) is 11.1 Å². The van der Waals surface area contributed by atoms with Crippen molar-refractivity contribution < 1.29 is 9.90 Å². The maximum absolute atomic E-state index is 10.5. The molecule has 0 aromatic heterocycles. The number of nitriles is 1.